The van der Waals surface area contributed by atoms with Crippen LogP contribution >= 0.6 is 15.9 Å². The average molecular weight is 284 g/mol. The van der Waals surface area contributed by atoms with E-state index >= 15 is 0 Å². The second-order valence-corrected chi connectivity index (χ2v) is 4.84. The van der Waals surface area contributed by atoms with Crippen molar-refractivity contribution >= 4 is 21.8 Å². The first-order valence-electron chi connectivity index (χ1n) is 5.59. The molecule has 16 heavy (non-hydrogen) atoms. The maximum atomic E-state index is 11.6. The predicted octanol–water partition coefficient (Wildman–Crippen LogP) is 2.77. The summed E-state index contributed by atoms with van der Waals surface area (Å²) < 4.78 is 0. The summed E-state index contributed by atoms with van der Waals surface area (Å²) in [6.07, 6.45) is 1.56. The molecule has 0 bridgehead atoms. The van der Waals surface area contributed by atoms with Crippen LogP contribution in [0.1, 0.15) is 18.9 Å². The molecule has 0 heterocycles. The van der Waals surface area contributed by atoms with Gasteiger partial charge in [0.05, 0.1) is 6.42 Å². The van der Waals surface area contributed by atoms with Crippen molar-refractivity contribution in [3.8, 4) is 0 Å². The van der Waals surface area contributed by atoms with E-state index in [0.29, 0.717) is 12.3 Å². The van der Waals surface area contributed by atoms with Crippen LogP contribution in [-0.4, -0.2) is 17.8 Å². The number of halogens is 1. The van der Waals surface area contributed by atoms with Gasteiger partial charge in [0.1, 0.15) is 0 Å². The Labute approximate surface area is 106 Å². The van der Waals surface area contributed by atoms with Crippen molar-refractivity contribution in [2.24, 2.45) is 5.92 Å². The molecule has 0 radical (unpaired) electrons. The molecule has 3 heteroatoms. The molecule has 0 spiro atoms. The largest absolute Gasteiger partial charge is 0.356 e. The van der Waals surface area contributed by atoms with Crippen molar-refractivity contribution in [1.29, 1.82) is 0 Å². The third kappa shape index (κ3) is 5.31. The van der Waals surface area contributed by atoms with Crippen molar-refractivity contribution in [2.45, 2.75) is 19.8 Å². The highest BCUT2D eigenvalue weighted by molar-refractivity contribution is 9.09. The van der Waals surface area contributed by atoms with Gasteiger partial charge in [-0.3, -0.25) is 4.79 Å². The van der Waals surface area contributed by atoms with Gasteiger partial charge < -0.3 is 5.32 Å². The summed E-state index contributed by atoms with van der Waals surface area (Å²) in [7, 11) is 0. The lowest BCUT2D eigenvalue weighted by Gasteiger charge is -2.10. The normalized spacial score (nSPS) is 12.1. The fourth-order valence-corrected chi connectivity index (χ4v) is 2.20. The highest BCUT2D eigenvalue weighted by atomic mass is 79.9. The Morgan fingerprint density at radius 2 is 2.06 bits per heavy atom. The molecule has 2 nitrogen and oxygen atoms in total. The minimum absolute atomic E-state index is 0.104. The van der Waals surface area contributed by atoms with Gasteiger partial charge in [0.25, 0.3) is 0 Å². The van der Waals surface area contributed by atoms with E-state index < -0.39 is 0 Å². The van der Waals surface area contributed by atoms with Crippen LogP contribution in [0.25, 0.3) is 0 Å². The van der Waals surface area contributed by atoms with Crippen molar-refractivity contribution in [3.63, 3.8) is 0 Å². The molecule has 0 aliphatic rings. The highest BCUT2D eigenvalue weighted by Crippen LogP contribution is 2.03. The molecule has 1 aromatic carbocycles. The monoisotopic (exact) mass is 283 g/mol. The second kappa shape index (κ2) is 7.44. The number of amides is 1. The Morgan fingerprint density at radius 3 is 2.69 bits per heavy atom. The van der Waals surface area contributed by atoms with E-state index in [0.717, 1.165) is 23.9 Å². The van der Waals surface area contributed by atoms with Gasteiger partial charge in [-0.25, -0.2) is 0 Å². The molecule has 1 unspecified atom stereocenters. The number of nitrogens with one attached hydrogen (secondary N) is 1. The zero-order valence-corrected chi connectivity index (χ0v) is 11.2. The first-order valence-corrected chi connectivity index (χ1v) is 6.71. The van der Waals surface area contributed by atoms with Crippen LogP contribution in [0.2, 0.25) is 0 Å². The molecule has 0 aliphatic carbocycles. The summed E-state index contributed by atoms with van der Waals surface area (Å²) >= 11 is 3.40. The molecular weight excluding hydrogens is 266 g/mol. The van der Waals surface area contributed by atoms with Crippen LogP contribution in [0, 0.1) is 5.92 Å². The number of rotatable bonds is 6. The number of hydrogen-bond acceptors (Lipinski definition) is 1. The van der Waals surface area contributed by atoms with Gasteiger partial charge in [-0.2, -0.15) is 0 Å². The minimum atomic E-state index is 0.104. The Hall–Kier alpha value is -0.830. The number of benzene rings is 1. The van der Waals surface area contributed by atoms with E-state index in [-0.39, 0.29) is 5.91 Å². The molecule has 88 valence electrons. The van der Waals surface area contributed by atoms with Crippen molar-refractivity contribution in [2.75, 3.05) is 11.9 Å². The molecule has 0 fully saturated rings. The number of alkyl halides is 1. The molecule has 1 amide bonds. The van der Waals surface area contributed by atoms with Gasteiger partial charge in [-0.05, 0) is 17.9 Å². The summed E-state index contributed by atoms with van der Waals surface area (Å²) in [4.78, 5) is 11.6. The topological polar surface area (TPSA) is 29.1 Å². The quantitative estimate of drug-likeness (QED) is 0.800. The van der Waals surface area contributed by atoms with Crippen LogP contribution < -0.4 is 5.32 Å². The van der Waals surface area contributed by atoms with Gasteiger partial charge >= 0.3 is 0 Å². The molecule has 0 saturated carbocycles. The van der Waals surface area contributed by atoms with Crippen LogP contribution in [0.15, 0.2) is 30.3 Å². The maximum Gasteiger partial charge on any atom is 0.224 e. The van der Waals surface area contributed by atoms with Gasteiger partial charge in [-0.15, -0.1) is 0 Å². The van der Waals surface area contributed by atoms with Crippen molar-refractivity contribution in [1.82, 2.24) is 5.32 Å². The summed E-state index contributed by atoms with van der Waals surface area (Å²) in [5.41, 5.74) is 1.06. The zero-order chi connectivity index (χ0) is 11.8. The van der Waals surface area contributed by atoms with E-state index in [9.17, 15) is 4.79 Å². The van der Waals surface area contributed by atoms with Crippen LogP contribution in [-0.2, 0) is 11.2 Å². The standard InChI is InChI=1S/C13H18BrNO/c1-11(7-8-14)10-15-13(16)9-12-5-3-2-4-6-12/h2-6,11H,7-10H2,1H3,(H,15,16). The lowest BCUT2D eigenvalue weighted by atomic mass is 10.1. The third-order valence-corrected chi connectivity index (χ3v) is 2.91. The Kier molecular flexibility index (Phi) is 6.16. The number of carbonyl (C=O) groups is 1. The third-order valence-electron chi connectivity index (χ3n) is 2.46. The smallest absolute Gasteiger partial charge is 0.224 e. The van der Waals surface area contributed by atoms with Crippen molar-refractivity contribution in [3.05, 3.63) is 35.9 Å². The van der Waals surface area contributed by atoms with Gasteiger partial charge in [0.15, 0.2) is 0 Å². The first-order chi connectivity index (χ1) is 7.72. The maximum absolute atomic E-state index is 11.6. The van der Waals surface area contributed by atoms with Crippen LogP contribution in [0.5, 0.6) is 0 Å². The molecule has 1 aromatic rings. The lowest BCUT2D eigenvalue weighted by Crippen LogP contribution is -2.29. The van der Waals surface area contributed by atoms with Gasteiger partial charge in [0, 0.05) is 11.9 Å². The molecule has 0 aromatic heterocycles. The molecule has 1 atom stereocenters. The minimum Gasteiger partial charge on any atom is -0.356 e. The Bertz CT molecular complexity index is 313. The van der Waals surface area contributed by atoms with Gasteiger partial charge in [0.2, 0.25) is 5.91 Å². The van der Waals surface area contributed by atoms with E-state index in [2.05, 4.69) is 28.2 Å². The number of hydrogen-bond donors (Lipinski definition) is 1. The Balaban J connectivity index is 2.26. The lowest BCUT2D eigenvalue weighted by molar-refractivity contribution is -0.120. The predicted molar refractivity (Wildman–Crippen MR) is 70.7 cm³/mol. The van der Waals surface area contributed by atoms with E-state index in [1.807, 2.05) is 30.3 Å². The van der Waals surface area contributed by atoms with E-state index in [1.54, 1.807) is 0 Å². The molecule has 0 aliphatic heterocycles. The fourth-order valence-electron chi connectivity index (χ4n) is 1.42. The second-order valence-electron chi connectivity index (χ2n) is 4.05. The molecule has 1 rings (SSSR count). The van der Waals surface area contributed by atoms with Crippen LogP contribution in [0.3, 0.4) is 0 Å². The summed E-state index contributed by atoms with van der Waals surface area (Å²) in [6.45, 7) is 2.90. The zero-order valence-electron chi connectivity index (χ0n) is 9.58. The fraction of sp³-hybridized carbons (Fsp3) is 0.462. The molecular formula is C13H18BrNO. The highest BCUT2D eigenvalue weighted by Gasteiger charge is 2.05. The van der Waals surface area contributed by atoms with E-state index in [1.165, 1.54) is 0 Å². The summed E-state index contributed by atoms with van der Waals surface area (Å²) in [5, 5.41) is 3.94. The summed E-state index contributed by atoms with van der Waals surface area (Å²) in [6, 6.07) is 9.81. The average Bonchev–Trinajstić information content (AvgIpc) is 2.28. The van der Waals surface area contributed by atoms with E-state index in [4.69, 9.17) is 0 Å². The van der Waals surface area contributed by atoms with Gasteiger partial charge in [-0.1, -0.05) is 53.2 Å². The first kappa shape index (κ1) is 13.2. The molecule has 1 N–H and O–H groups in total. The summed E-state index contributed by atoms with van der Waals surface area (Å²) in [5.74, 6) is 0.631. The SMILES string of the molecule is CC(CCBr)CNC(=O)Cc1ccccc1. The molecule has 0 saturated heterocycles. The van der Waals surface area contributed by atoms with Crippen LogP contribution in [0.4, 0.5) is 0 Å². The number of carbonyl (C=O) groups excluding carboxylic acids is 1. The van der Waals surface area contributed by atoms with Crippen molar-refractivity contribution < 1.29 is 4.79 Å². The Morgan fingerprint density at radius 1 is 1.38 bits per heavy atom.